The van der Waals surface area contributed by atoms with Crippen LogP contribution in [0.3, 0.4) is 0 Å². The molecule has 0 fully saturated rings. The van der Waals surface area contributed by atoms with E-state index in [1.54, 1.807) is 12.3 Å². The maximum absolute atomic E-state index is 12.0. The molecule has 22 heavy (non-hydrogen) atoms. The number of H-pyrrole nitrogens is 1. The van der Waals surface area contributed by atoms with E-state index in [2.05, 4.69) is 27.3 Å². The van der Waals surface area contributed by atoms with E-state index in [0.717, 1.165) is 12.1 Å². The lowest BCUT2D eigenvalue weighted by atomic mass is 10.1. The molecule has 5 nitrogen and oxygen atoms in total. The second-order valence-corrected chi connectivity index (χ2v) is 5.60. The number of hydrogen-bond acceptors (Lipinski definition) is 3. The van der Waals surface area contributed by atoms with Crippen LogP contribution in [0.25, 0.3) is 0 Å². The minimum absolute atomic E-state index is 0.0632. The number of nitrogens with one attached hydrogen (secondary N) is 2. The smallest absolute Gasteiger partial charge is 0.267 e. The second kappa shape index (κ2) is 7.04. The minimum atomic E-state index is -0.218. The quantitative estimate of drug-likeness (QED) is 0.804. The molecule has 5 heteroatoms. The molecule has 1 amide bonds. The molecule has 0 radical (unpaired) electrons. The van der Waals surface area contributed by atoms with E-state index in [4.69, 9.17) is 0 Å². The van der Waals surface area contributed by atoms with Crippen molar-refractivity contribution in [3.05, 3.63) is 58.9 Å². The van der Waals surface area contributed by atoms with Gasteiger partial charge in [0.1, 0.15) is 5.69 Å². The number of carbonyl (C=O) groups is 2. The number of amides is 1. The van der Waals surface area contributed by atoms with Gasteiger partial charge in [0.05, 0.1) is 0 Å². The zero-order valence-electron chi connectivity index (χ0n) is 13.1. The lowest BCUT2D eigenvalue weighted by Gasteiger charge is -2.10. The monoisotopic (exact) mass is 299 g/mol. The maximum atomic E-state index is 12.0. The highest BCUT2D eigenvalue weighted by atomic mass is 16.2. The summed E-state index contributed by atoms with van der Waals surface area (Å²) in [4.78, 5) is 28.1. The molecule has 0 saturated carbocycles. The Morgan fingerprint density at radius 3 is 2.32 bits per heavy atom. The molecular formula is C17H21N3O2. The Kier molecular flexibility index (Phi) is 5.12. The summed E-state index contributed by atoms with van der Waals surface area (Å²) in [5.74, 6) is -0.281. The Balaban J connectivity index is 1.91. The molecule has 2 rings (SSSR count). The van der Waals surface area contributed by atoms with Crippen LogP contribution in [-0.2, 0) is 13.1 Å². The summed E-state index contributed by atoms with van der Waals surface area (Å²) in [5, 5.41) is 2.84. The summed E-state index contributed by atoms with van der Waals surface area (Å²) < 4.78 is 0. The molecule has 1 aromatic carbocycles. The average Bonchev–Trinajstić information content (AvgIpc) is 2.96. The summed E-state index contributed by atoms with van der Waals surface area (Å²) in [7, 11) is 4.06. The normalized spacial score (nSPS) is 10.7. The molecule has 116 valence electrons. The van der Waals surface area contributed by atoms with Gasteiger partial charge in [0.25, 0.3) is 5.91 Å². The Morgan fingerprint density at radius 1 is 1.14 bits per heavy atom. The lowest BCUT2D eigenvalue weighted by Crippen LogP contribution is -2.23. The van der Waals surface area contributed by atoms with E-state index in [-0.39, 0.29) is 11.7 Å². The van der Waals surface area contributed by atoms with Gasteiger partial charge in [0.2, 0.25) is 0 Å². The van der Waals surface area contributed by atoms with Crippen molar-refractivity contribution in [1.29, 1.82) is 0 Å². The molecule has 0 atom stereocenters. The second-order valence-electron chi connectivity index (χ2n) is 5.60. The zero-order chi connectivity index (χ0) is 16.1. The van der Waals surface area contributed by atoms with E-state index in [1.165, 1.54) is 12.5 Å². The van der Waals surface area contributed by atoms with E-state index in [0.29, 0.717) is 17.8 Å². The van der Waals surface area contributed by atoms with Gasteiger partial charge in [-0.2, -0.15) is 0 Å². The molecule has 0 aliphatic heterocycles. The van der Waals surface area contributed by atoms with Crippen LogP contribution < -0.4 is 5.32 Å². The topological polar surface area (TPSA) is 65.2 Å². The zero-order valence-corrected chi connectivity index (χ0v) is 13.1. The first kappa shape index (κ1) is 16.0. The number of ketones is 1. The highest BCUT2D eigenvalue weighted by Crippen LogP contribution is 2.07. The van der Waals surface area contributed by atoms with Crippen LogP contribution in [0.4, 0.5) is 0 Å². The molecule has 1 heterocycles. The van der Waals surface area contributed by atoms with Crippen LogP contribution in [0.2, 0.25) is 0 Å². The molecule has 0 aliphatic carbocycles. The summed E-state index contributed by atoms with van der Waals surface area (Å²) in [6.07, 6.45) is 1.55. The van der Waals surface area contributed by atoms with Gasteiger partial charge >= 0.3 is 0 Å². The van der Waals surface area contributed by atoms with Gasteiger partial charge < -0.3 is 15.2 Å². The summed E-state index contributed by atoms with van der Waals surface area (Å²) in [6.45, 7) is 2.82. The van der Waals surface area contributed by atoms with Gasteiger partial charge in [0, 0.05) is 24.8 Å². The van der Waals surface area contributed by atoms with Crippen LogP contribution in [0.15, 0.2) is 36.5 Å². The molecule has 2 N–H and O–H groups in total. The fourth-order valence-corrected chi connectivity index (χ4v) is 2.13. The van der Waals surface area contributed by atoms with Gasteiger partial charge in [-0.3, -0.25) is 9.59 Å². The Morgan fingerprint density at radius 2 is 1.77 bits per heavy atom. The Hall–Kier alpha value is -2.40. The number of Topliss-reactive ketones (excluding diaryl/α,β-unsaturated/α-hetero) is 1. The largest absolute Gasteiger partial charge is 0.356 e. The third kappa shape index (κ3) is 4.30. The number of carbonyl (C=O) groups excluding carboxylic acids is 2. The van der Waals surface area contributed by atoms with Crippen LogP contribution in [0.1, 0.15) is 38.9 Å². The SMILES string of the molecule is CC(=O)c1c[nH]c(C(=O)NCc2ccc(CN(C)C)cc2)c1. The summed E-state index contributed by atoms with van der Waals surface area (Å²) in [5.41, 5.74) is 3.18. The highest BCUT2D eigenvalue weighted by molar-refractivity contribution is 5.99. The van der Waals surface area contributed by atoms with Crippen LogP contribution in [0, 0.1) is 0 Å². The van der Waals surface area contributed by atoms with Gasteiger partial charge in [-0.1, -0.05) is 24.3 Å². The van der Waals surface area contributed by atoms with Crippen LogP contribution in [-0.4, -0.2) is 35.7 Å². The highest BCUT2D eigenvalue weighted by Gasteiger charge is 2.10. The predicted octanol–water partition coefficient (Wildman–Crippen LogP) is 2.21. The molecule has 0 spiro atoms. The first-order chi connectivity index (χ1) is 10.5. The van der Waals surface area contributed by atoms with Gasteiger partial charge in [0.15, 0.2) is 5.78 Å². The molecule has 0 bridgehead atoms. The number of nitrogens with zero attached hydrogens (tertiary/aromatic N) is 1. The molecule has 1 aromatic heterocycles. The van der Waals surface area contributed by atoms with Gasteiger partial charge in [-0.25, -0.2) is 0 Å². The van der Waals surface area contributed by atoms with E-state index < -0.39 is 0 Å². The average molecular weight is 299 g/mol. The Bertz CT molecular complexity index is 657. The third-order valence-corrected chi connectivity index (χ3v) is 3.31. The van der Waals surface area contributed by atoms with E-state index >= 15 is 0 Å². The van der Waals surface area contributed by atoms with Crippen LogP contribution in [0.5, 0.6) is 0 Å². The van der Waals surface area contributed by atoms with Crippen molar-refractivity contribution in [2.45, 2.75) is 20.0 Å². The Labute approximate surface area is 130 Å². The number of hydrogen-bond donors (Lipinski definition) is 2. The summed E-state index contributed by atoms with van der Waals surface area (Å²) >= 11 is 0. The van der Waals surface area contributed by atoms with Crippen molar-refractivity contribution >= 4 is 11.7 Å². The molecular weight excluding hydrogens is 278 g/mol. The van der Waals surface area contributed by atoms with Crippen molar-refractivity contribution in [2.24, 2.45) is 0 Å². The molecule has 0 unspecified atom stereocenters. The van der Waals surface area contributed by atoms with E-state index in [9.17, 15) is 9.59 Å². The fraction of sp³-hybridized carbons (Fsp3) is 0.294. The van der Waals surface area contributed by atoms with Crippen molar-refractivity contribution in [3.8, 4) is 0 Å². The van der Waals surface area contributed by atoms with Crippen molar-refractivity contribution < 1.29 is 9.59 Å². The predicted molar refractivity (Wildman–Crippen MR) is 85.8 cm³/mol. The molecule has 0 saturated heterocycles. The van der Waals surface area contributed by atoms with Gasteiger partial charge in [-0.05, 0) is 38.2 Å². The van der Waals surface area contributed by atoms with E-state index in [1.807, 2.05) is 26.2 Å². The van der Waals surface area contributed by atoms with Gasteiger partial charge in [-0.15, -0.1) is 0 Å². The van der Waals surface area contributed by atoms with Crippen molar-refractivity contribution in [2.75, 3.05) is 14.1 Å². The molecule has 2 aromatic rings. The summed E-state index contributed by atoms with van der Waals surface area (Å²) in [6, 6.07) is 9.70. The lowest BCUT2D eigenvalue weighted by molar-refractivity contribution is 0.0946. The minimum Gasteiger partial charge on any atom is -0.356 e. The van der Waals surface area contributed by atoms with Crippen molar-refractivity contribution in [1.82, 2.24) is 15.2 Å². The van der Waals surface area contributed by atoms with Crippen molar-refractivity contribution in [3.63, 3.8) is 0 Å². The number of benzene rings is 1. The maximum Gasteiger partial charge on any atom is 0.267 e. The molecule has 0 aliphatic rings. The van der Waals surface area contributed by atoms with Crippen LogP contribution >= 0.6 is 0 Å². The number of rotatable bonds is 6. The first-order valence-corrected chi connectivity index (χ1v) is 7.16. The third-order valence-electron chi connectivity index (χ3n) is 3.31. The number of aromatic amines is 1. The fourth-order valence-electron chi connectivity index (χ4n) is 2.13. The number of aromatic nitrogens is 1. The standard InChI is InChI=1S/C17H21N3O2/c1-12(21)15-8-16(18-10-15)17(22)19-9-13-4-6-14(7-5-13)11-20(2)3/h4-8,10,18H,9,11H2,1-3H3,(H,19,22). The first-order valence-electron chi connectivity index (χ1n) is 7.16.